The molecule has 1 saturated carbocycles. The molecule has 0 amide bonds. The van der Waals surface area contributed by atoms with Gasteiger partial charge in [0.2, 0.25) is 0 Å². The van der Waals surface area contributed by atoms with Crippen molar-refractivity contribution in [3.05, 3.63) is 35.4 Å². The Hall–Kier alpha value is -0.860. The predicted octanol–water partition coefficient (Wildman–Crippen LogP) is 4.11. The second-order valence-electron chi connectivity index (χ2n) is 7.48. The van der Waals surface area contributed by atoms with Crippen molar-refractivity contribution < 1.29 is 4.74 Å². The van der Waals surface area contributed by atoms with Gasteiger partial charge in [0.05, 0.1) is 12.7 Å². The van der Waals surface area contributed by atoms with Gasteiger partial charge < -0.3 is 10.1 Å². The Morgan fingerprint density at radius 2 is 1.90 bits per heavy atom. The van der Waals surface area contributed by atoms with Crippen molar-refractivity contribution in [2.24, 2.45) is 11.3 Å². The molecule has 1 atom stereocenters. The molecule has 1 spiro atoms. The van der Waals surface area contributed by atoms with E-state index in [1.165, 1.54) is 36.8 Å². The smallest absolute Gasteiger partial charge is 0.0949 e. The largest absolute Gasteiger partial charge is 0.372 e. The summed E-state index contributed by atoms with van der Waals surface area (Å²) >= 11 is 0. The van der Waals surface area contributed by atoms with Crippen molar-refractivity contribution in [1.29, 1.82) is 0 Å². The Kier molecular flexibility index (Phi) is 4.66. The number of rotatable bonds is 3. The third kappa shape index (κ3) is 3.67. The molecule has 2 aliphatic rings. The summed E-state index contributed by atoms with van der Waals surface area (Å²) < 4.78 is 6.29. The normalized spacial score (nSPS) is 25.4. The van der Waals surface area contributed by atoms with Crippen LogP contribution < -0.4 is 5.32 Å². The van der Waals surface area contributed by atoms with Gasteiger partial charge in [-0.25, -0.2) is 0 Å². The zero-order valence-corrected chi connectivity index (χ0v) is 13.5. The van der Waals surface area contributed by atoms with E-state index in [4.69, 9.17) is 4.74 Å². The van der Waals surface area contributed by atoms with E-state index in [-0.39, 0.29) is 6.10 Å². The highest BCUT2D eigenvalue weighted by Gasteiger charge is 2.36. The highest BCUT2D eigenvalue weighted by molar-refractivity contribution is 5.25. The lowest BCUT2D eigenvalue weighted by molar-refractivity contribution is 0.0158. The van der Waals surface area contributed by atoms with Gasteiger partial charge in [-0.1, -0.05) is 51.0 Å². The first-order valence-electron chi connectivity index (χ1n) is 8.58. The summed E-state index contributed by atoms with van der Waals surface area (Å²) in [5, 5.41) is 3.65. The molecule has 21 heavy (non-hydrogen) atoms. The number of hydrogen-bond donors (Lipinski definition) is 1. The fourth-order valence-corrected chi connectivity index (χ4v) is 3.86. The molecule has 1 aromatic rings. The van der Waals surface area contributed by atoms with Crippen LogP contribution in [-0.4, -0.2) is 19.7 Å². The Balaban J connectivity index is 1.64. The average Bonchev–Trinajstić information content (AvgIpc) is 2.81. The van der Waals surface area contributed by atoms with Crippen LogP contribution in [0.2, 0.25) is 0 Å². The SMILES string of the molecule is CC(C)Cc1ccc(C2CNCC3(CCCC3)CO2)cc1. The molecular formula is C19H29NO. The monoisotopic (exact) mass is 287 g/mol. The minimum absolute atomic E-state index is 0.220. The highest BCUT2D eigenvalue weighted by atomic mass is 16.5. The molecule has 2 fully saturated rings. The molecule has 1 aliphatic carbocycles. The van der Waals surface area contributed by atoms with Crippen LogP contribution in [0.3, 0.4) is 0 Å². The van der Waals surface area contributed by atoms with E-state index in [2.05, 4.69) is 43.4 Å². The van der Waals surface area contributed by atoms with Gasteiger partial charge in [0.15, 0.2) is 0 Å². The number of benzene rings is 1. The molecule has 1 N–H and O–H groups in total. The van der Waals surface area contributed by atoms with Gasteiger partial charge in [-0.2, -0.15) is 0 Å². The Morgan fingerprint density at radius 1 is 1.19 bits per heavy atom. The molecule has 2 heteroatoms. The first kappa shape index (κ1) is 15.1. The molecule has 1 saturated heterocycles. The van der Waals surface area contributed by atoms with Crippen LogP contribution >= 0.6 is 0 Å². The molecule has 3 rings (SSSR count). The maximum atomic E-state index is 6.29. The van der Waals surface area contributed by atoms with Crippen molar-refractivity contribution in [3.63, 3.8) is 0 Å². The second-order valence-corrected chi connectivity index (χ2v) is 7.48. The third-order valence-electron chi connectivity index (χ3n) is 5.08. The lowest BCUT2D eigenvalue weighted by Crippen LogP contribution is -2.32. The first-order chi connectivity index (χ1) is 10.2. The minimum Gasteiger partial charge on any atom is -0.372 e. The maximum absolute atomic E-state index is 6.29. The third-order valence-corrected chi connectivity index (χ3v) is 5.08. The van der Waals surface area contributed by atoms with Gasteiger partial charge in [-0.05, 0) is 36.3 Å². The molecular weight excluding hydrogens is 258 g/mol. The van der Waals surface area contributed by atoms with Crippen LogP contribution in [0, 0.1) is 11.3 Å². The van der Waals surface area contributed by atoms with Gasteiger partial charge in [0, 0.05) is 18.5 Å². The van der Waals surface area contributed by atoms with Crippen LogP contribution in [0.25, 0.3) is 0 Å². The number of nitrogens with one attached hydrogen (secondary N) is 1. The highest BCUT2D eigenvalue weighted by Crippen LogP contribution is 2.40. The predicted molar refractivity (Wildman–Crippen MR) is 87.4 cm³/mol. The van der Waals surface area contributed by atoms with Crippen molar-refractivity contribution in [2.75, 3.05) is 19.7 Å². The summed E-state index contributed by atoms with van der Waals surface area (Å²) in [6.45, 7) is 7.55. The molecule has 1 unspecified atom stereocenters. The summed E-state index contributed by atoms with van der Waals surface area (Å²) in [4.78, 5) is 0. The molecule has 116 valence electrons. The van der Waals surface area contributed by atoms with Gasteiger partial charge in [-0.15, -0.1) is 0 Å². The Labute approximate surface area is 129 Å². The molecule has 0 aromatic heterocycles. The topological polar surface area (TPSA) is 21.3 Å². The van der Waals surface area contributed by atoms with E-state index in [1.807, 2.05) is 0 Å². The van der Waals surface area contributed by atoms with Crippen LogP contribution in [0.1, 0.15) is 56.8 Å². The molecule has 0 bridgehead atoms. The first-order valence-corrected chi connectivity index (χ1v) is 8.58. The van der Waals surface area contributed by atoms with E-state index < -0.39 is 0 Å². The average molecular weight is 287 g/mol. The summed E-state index contributed by atoms with van der Waals surface area (Å²) in [6.07, 6.45) is 6.80. The summed E-state index contributed by atoms with van der Waals surface area (Å²) in [5.41, 5.74) is 3.18. The van der Waals surface area contributed by atoms with Crippen LogP contribution in [0.5, 0.6) is 0 Å². The lowest BCUT2D eigenvalue weighted by atomic mass is 9.87. The zero-order valence-electron chi connectivity index (χ0n) is 13.5. The molecule has 1 aromatic carbocycles. The van der Waals surface area contributed by atoms with Gasteiger partial charge in [0.1, 0.15) is 0 Å². The summed E-state index contributed by atoms with van der Waals surface area (Å²) in [6, 6.07) is 9.07. The Morgan fingerprint density at radius 3 is 2.57 bits per heavy atom. The number of hydrogen-bond acceptors (Lipinski definition) is 2. The second kappa shape index (κ2) is 6.50. The van der Waals surface area contributed by atoms with Gasteiger partial charge >= 0.3 is 0 Å². The zero-order chi connectivity index (χ0) is 14.7. The van der Waals surface area contributed by atoms with Crippen molar-refractivity contribution >= 4 is 0 Å². The van der Waals surface area contributed by atoms with Gasteiger partial charge in [0.25, 0.3) is 0 Å². The van der Waals surface area contributed by atoms with Gasteiger partial charge in [-0.3, -0.25) is 0 Å². The van der Waals surface area contributed by atoms with E-state index in [0.717, 1.165) is 26.1 Å². The fourth-order valence-electron chi connectivity index (χ4n) is 3.86. The van der Waals surface area contributed by atoms with Crippen molar-refractivity contribution in [2.45, 2.75) is 52.1 Å². The standard InChI is InChI=1S/C19H29NO/c1-15(2)11-16-5-7-17(8-6-16)18-12-20-13-19(14-21-18)9-3-4-10-19/h5-8,15,18,20H,3-4,9-14H2,1-2H3. The van der Waals surface area contributed by atoms with E-state index in [0.29, 0.717) is 11.3 Å². The number of ether oxygens (including phenoxy) is 1. The molecule has 1 heterocycles. The summed E-state index contributed by atoms with van der Waals surface area (Å²) in [7, 11) is 0. The summed E-state index contributed by atoms with van der Waals surface area (Å²) in [5.74, 6) is 0.717. The molecule has 0 radical (unpaired) electrons. The van der Waals surface area contributed by atoms with Crippen molar-refractivity contribution in [3.8, 4) is 0 Å². The van der Waals surface area contributed by atoms with Crippen molar-refractivity contribution in [1.82, 2.24) is 5.32 Å². The lowest BCUT2D eigenvalue weighted by Gasteiger charge is -2.26. The molecule has 1 aliphatic heterocycles. The fraction of sp³-hybridized carbons (Fsp3) is 0.684. The maximum Gasteiger partial charge on any atom is 0.0949 e. The van der Waals surface area contributed by atoms with E-state index in [1.54, 1.807) is 0 Å². The van der Waals surface area contributed by atoms with Crippen LogP contribution in [0.15, 0.2) is 24.3 Å². The van der Waals surface area contributed by atoms with E-state index >= 15 is 0 Å². The Bertz CT molecular complexity index is 445. The van der Waals surface area contributed by atoms with E-state index in [9.17, 15) is 0 Å². The van der Waals surface area contributed by atoms with Crippen LogP contribution in [-0.2, 0) is 11.2 Å². The quantitative estimate of drug-likeness (QED) is 0.903. The van der Waals surface area contributed by atoms with Crippen LogP contribution in [0.4, 0.5) is 0 Å². The minimum atomic E-state index is 0.220. The molecule has 2 nitrogen and oxygen atoms in total.